The zero-order chi connectivity index (χ0) is 20.9. The number of pyridine rings is 1. The van der Waals surface area contributed by atoms with E-state index in [0.29, 0.717) is 24.8 Å². The minimum Gasteiger partial charge on any atom is -0.473 e. The molecule has 0 unspecified atom stereocenters. The largest absolute Gasteiger partial charge is 0.473 e. The van der Waals surface area contributed by atoms with Gasteiger partial charge in [0.05, 0.1) is 5.69 Å². The van der Waals surface area contributed by atoms with Crippen molar-refractivity contribution in [3.05, 3.63) is 103 Å². The molecule has 7 nitrogen and oxygen atoms in total. The first-order valence-electron chi connectivity index (χ1n) is 9.97. The number of aromatic nitrogens is 5. The standard InChI is InChI=1S/C24H20N6O/c1-3-8-18(9-4-1)16-31-23-20(12-7-13-25-23)15-26-22-14-21(19-10-5-2-6-11-19)29-24-27-17-28-30(22)24/h1-14,17,26H,15-16H2. The second-order valence-corrected chi connectivity index (χ2v) is 6.96. The van der Waals surface area contributed by atoms with Crippen molar-refractivity contribution in [3.63, 3.8) is 0 Å². The van der Waals surface area contributed by atoms with Crippen molar-refractivity contribution in [2.75, 3.05) is 5.32 Å². The zero-order valence-electron chi connectivity index (χ0n) is 16.7. The van der Waals surface area contributed by atoms with Gasteiger partial charge >= 0.3 is 0 Å². The molecule has 3 aromatic heterocycles. The monoisotopic (exact) mass is 408 g/mol. The van der Waals surface area contributed by atoms with Crippen LogP contribution >= 0.6 is 0 Å². The number of hydrogen-bond donors (Lipinski definition) is 1. The average Bonchev–Trinajstić information content (AvgIpc) is 3.32. The smallest absolute Gasteiger partial charge is 0.254 e. The van der Waals surface area contributed by atoms with E-state index < -0.39 is 0 Å². The van der Waals surface area contributed by atoms with Crippen LogP contribution in [0.3, 0.4) is 0 Å². The summed E-state index contributed by atoms with van der Waals surface area (Å²) in [5.41, 5.74) is 3.89. The summed E-state index contributed by atoms with van der Waals surface area (Å²) in [7, 11) is 0. The molecule has 0 amide bonds. The van der Waals surface area contributed by atoms with Crippen LogP contribution < -0.4 is 10.1 Å². The average molecular weight is 408 g/mol. The molecule has 0 bridgehead atoms. The molecule has 5 rings (SSSR count). The quantitative estimate of drug-likeness (QED) is 0.431. The first kappa shape index (κ1) is 18.7. The Morgan fingerprint density at radius 3 is 2.52 bits per heavy atom. The van der Waals surface area contributed by atoms with Crippen molar-refractivity contribution in [2.24, 2.45) is 0 Å². The Labute approximate surface area is 179 Å². The lowest BCUT2D eigenvalue weighted by Crippen LogP contribution is -2.09. The zero-order valence-corrected chi connectivity index (χ0v) is 16.7. The van der Waals surface area contributed by atoms with Crippen LogP contribution in [0, 0.1) is 0 Å². The minimum atomic E-state index is 0.464. The van der Waals surface area contributed by atoms with Crippen LogP contribution in [0.5, 0.6) is 5.88 Å². The van der Waals surface area contributed by atoms with Crippen molar-refractivity contribution < 1.29 is 4.74 Å². The molecule has 0 atom stereocenters. The van der Waals surface area contributed by atoms with Gasteiger partial charge in [-0.1, -0.05) is 66.7 Å². The lowest BCUT2D eigenvalue weighted by molar-refractivity contribution is 0.291. The van der Waals surface area contributed by atoms with Crippen LogP contribution in [0.25, 0.3) is 17.0 Å². The Kier molecular flexibility index (Phi) is 5.22. The highest BCUT2D eigenvalue weighted by Gasteiger charge is 2.11. The Morgan fingerprint density at radius 2 is 1.68 bits per heavy atom. The van der Waals surface area contributed by atoms with Crippen LogP contribution in [0.4, 0.5) is 5.82 Å². The van der Waals surface area contributed by atoms with Crippen LogP contribution in [0.2, 0.25) is 0 Å². The second kappa shape index (κ2) is 8.62. The number of nitrogens with zero attached hydrogens (tertiary/aromatic N) is 5. The van der Waals surface area contributed by atoms with Crippen LogP contribution in [-0.2, 0) is 13.2 Å². The molecular weight excluding hydrogens is 388 g/mol. The van der Waals surface area contributed by atoms with Crippen molar-refractivity contribution in [2.45, 2.75) is 13.2 Å². The summed E-state index contributed by atoms with van der Waals surface area (Å²) >= 11 is 0. The third-order valence-electron chi connectivity index (χ3n) is 4.85. The van der Waals surface area contributed by atoms with E-state index in [1.54, 1.807) is 10.7 Å². The van der Waals surface area contributed by atoms with Crippen molar-refractivity contribution in [1.82, 2.24) is 24.6 Å². The summed E-state index contributed by atoms with van der Waals surface area (Å²) < 4.78 is 7.67. The van der Waals surface area contributed by atoms with Gasteiger partial charge in [0.15, 0.2) is 0 Å². The minimum absolute atomic E-state index is 0.464. The van der Waals surface area contributed by atoms with Gasteiger partial charge in [-0.3, -0.25) is 0 Å². The molecule has 0 fully saturated rings. The van der Waals surface area contributed by atoms with E-state index in [2.05, 4.69) is 25.4 Å². The lowest BCUT2D eigenvalue weighted by atomic mass is 10.1. The third-order valence-corrected chi connectivity index (χ3v) is 4.85. The predicted octanol–water partition coefficient (Wildman–Crippen LogP) is 4.38. The molecule has 1 N–H and O–H groups in total. The molecule has 0 saturated heterocycles. The van der Waals surface area contributed by atoms with Crippen LogP contribution in [0.15, 0.2) is 91.4 Å². The molecule has 2 aromatic carbocycles. The Balaban J connectivity index is 1.38. The van der Waals surface area contributed by atoms with Crippen molar-refractivity contribution >= 4 is 11.6 Å². The van der Waals surface area contributed by atoms with Crippen molar-refractivity contribution in [3.8, 4) is 17.1 Å². The molecule has 152 valence electrons. The number of hydrogen-bond acceptors (Lipinski definition) is 6. The van der Waals surface area contributed by atoms with Gasteiger partial charge in [-0.2, -0.15) is 14.6 Å². The van der Waals surface area contributed by atoms with Gasteiger partial charge in [-0.15, -0.1) is 0 Å². The van der Waals surface area contributed by atoms with Gasteiger partial charge in [-0.05, 0) is 11.6 Å². The maximum atomic E-state index is 5.98. The van der Waals surface area contributed by atoms with Gasteiger partial charge in [0.25, 0.3) is 5.78 Å². The summed E-state index contributed by atoms with van der Waals surface area (Å²) in [6.07, 6.45) is 3.24. The van der Waals surface area contributed by atoms with E-state index in [9.17, 15) is 0 Å². The third kappa shape index (κ3) is 4.20. The molecule has 0 aliphatic carbocycles. The molecule has 5 aromatic rings. The highest BCUT2D eigenvalue weighted by Crippen LogP contribution is 2.23. The highest BCUT2D eigenvalue weighted by atomic mass is 16.5. The number of benzene rings is 2. The van der Waals surface area contributed by atoms with Gasteiger partial charge < -0.3 is 10.1 Å². The molecule has 3 heterocycles. The predicted molar refractivity (Wildman–Crippen MR) is 119 cm³/mol. The Morgan fingerprint density at radius 1 is 0.871 bits per heavy atom. The molecular formula is C24H20N6O. The van der Waals surface area contributed by atoms with Gasteiger partial charge in [0.1, 0.15) is 18.8 Å². The van der Waals surface area contributed by atoms with Crippen molar-refractivity contribution in [1.29, 1.82) is 0 Å². The fourth-order valence-corrected chi connectivity index (χ4v) is 3.30. The van der Waals surface area contributed by atoms with E-state index in [4.69, 9.17) is 4.74 Å². The molecule has 0 spiro atoms. The molecule has 0 aliphatic rings. The first-order valence-corrected chi connectivity index (χ1v) is 9.97. The number of anilines is 1. The van der Waals surface area contributed by atoms with E-state index in [1.165, 1.54) is 6.33 Å². The summed E-state index contributed by atoms with van der Waals surface area (Å²) in [6.45, 7) is 0.983. The lowest BCUT2D eigenvalue weighted by Gasteiger charge is -2.13. The summed E-state index contributed by atoms with van der Waals surface area (Å²) in [4.78, 5) is 13.3. The second-order valence-electron chi connectivity index (χ2n) is 6.96. The first-order chi connectivity index (χ1) is 15.4. The molecule has 7 heteroatoms. The highest BCUT2D eigenvalue weighted by molar-refractivity contribution is 5.65. The number of rotatable bonds is 7. The van der Waals surface area contributed by atoms with Gasteiger partial charge in [0, 0.05) is 29.9 Å². The normalized spacial score (nSPS) is 10.8. The van der Waals surface area contributed by atoms with Gasteiger partial charge in [0.2, 0.25) is 5.88 Å². The fraction of sp³-hybridized carbons (Fsp3) is 0.0833. The van der Waals surface area contributed by atoms with E-state index in [1.807, 2.05) is 78.9 Å². The molecule has 31 heavy (non-hydrogen) atoms. The molecule has 0 saturated carbocycles. The maximum Gasteiger partial charge on any atom is 0.254 e. The Hall–Kier alpha value is -4.26. The summed E-state index contributed by atoms with van der Waals surface area (Å²) in [6, 6.07) is 25.9. The van der Waals surface area contributed by atoms with E-state index >= 15 is 0 Å². The number of fused-ring (bicyclic) bond motifs is 1. The van der Waals surface area contributed by atoms with Gasteiger partial charge in [-0.25, -0.2) is 9.97 Å². The SMILES string of the molecule is c1ccc(COc2ncccc2CNc2cc(-c3ccccc3)nc3ncnn23)cc1. The van der Waals surface area contributed by atoms with E-state index in [0.717, 1.165) is 28.2 Å². The summed E-state index contributed by atoms with van der Waals surface area (Å²) in [5, 5.41) is 7.74. The fourth-order valence-electron chi connectivity index (χ4n) is 3.30. The summed E-state index contributed by atoms with van der Waals surface area (Å²) in [5.74, 6) is 1.93. The number of nitrogens with one attached hydrogen (secondary N) is 1. The van der Waals surface area contributed by atoms with E-state index in [-0.39, 0.29) is 0 Å². The molecule has 0 aliphatic heterocycles. The Bertz CT molecular complexity index is 1290. The number of ether oxygens (including phenoxy) is 1. The topological polar surface area (TPSA) is 77.2 Å². The maximum absolute atomic E-state index is 5.98. The van der Waals surface area contributed by atoms with Crippen LogP contribution in [0.1, 0.15) is 11.1 Å². The molecule has 0 radical (unpaired) electrons. The van der Waals surface area contributed by atoms with Crippen LogP contribution in [-0.4, -0.2) is 24.6 Å².